The van der Waals surface area contributed by atoms with Gasteiger partial charge in [0.25, 0.3) is 0 Å². The van der Waals surface area contributed by atoms with Crippen molar-refractivity contribution in [3.8, 4) is 0 Å². The molecule has 0 bridgehead atoms. The number of alkyl halides is 1. The Bertz CT molecular complexity index is 590. The number of hydrogen-bond donors (Lipinski definition) is 0. The largest absolute Gasteiger partial charge is 0.591 e. The third-order valence-corrected chi connectivity index (χ3v) is 10.3. The van der Waals surface area contributed by atoms with Crippen LogP contribution in [-0.2, 0) is 11.4 Å². The Morgan fingerprint density at radius 3 is 2.36 bits per heavy atom. The topological polar surface area (TPSA) is 48.3 Å². The van der Waals surface area contributed by atoms with Gasteiger partial charge >= 0.3 is 0 Å². The zero-order chi connectivity index (χ0) is 19.0. The summed E-state index contributed by atoms with van der Waals surface area (Å²) in [5, 5.41) is 0. The molecule has 25 heavy (non-hydrogen) atoms. The van der Waals surface area contributed by atoms with Gasteiger partial charge in [-0.3, -0.25) is 0 Å². The lowest BCUT2D eigenvalue weighted by Gasteiger charge is -2.38. The van der Waals surface area contributed by atoms with Gasteiger partial charge in [-0.25, -0.2) is 23.8 Å². The Balaban J connectivity index is 3.43. The van der Waals surface area contributed by atoms with E-state index in [1.54, 1.807) is 6.07 Å². The summed E-state index contributed by atoms with van der Waals surface area (Å²) in [6.07, 6.45) is 1.60. The number of rotatable bonds is 10. The Morgan fingerprint density at radius 2 is 1.88 bits per heavy atom. The van der Waals surface area contributed by atoms with Crippen LogP contribution in [-0.4, -0.2) is 44.9 Å². The zero-order valence-electron chi connectivity index (χ0n) is 15.3. The minimum atomic E-state index is -1.57. The first-order valence-corrected chi connectivity index (χ1v) is 12.7. The predicted octanol–water partition coefficient (Wildman–Crippen LogP) is 5.43. The van der Waals surface area contributed by atoms with E-state index < -0.39 is 33.9 Å². The molecule has 8 heteroatoms. The van der Waals surface area contributed by atoms with Crippen LogP contribution >= 0.6 is 26.0 Å². The van der Waals surface area contributed by atoms with E-state index in [4.69, 9.17) is 0 Å². The fourth-order valence-corrected chi connectivity index (χ4v) is 7.19. The molecule has 3 nitrogen and oxygen atoms in total. The van der Waals surface area contributed by atoms with E-state index in [0.29, 0.717) is 15.3 Å². The highest BCUT2D eigenvalue weighted by molar-refractivity contribution is 9.10. The molecule has 1 rings (SSSR count). The van der Waals surface area contributed by atoms with Crippen molar-refractivity contribution in [2.24, 2.45) is 4.40 Å². The third-order valence-electron chi connectivity index (χ3n) is 4.30. The highest BCUT2D eigenvalue weighted by Gasteiger charge is 2.29. The summed E-state index contributed by atoms with van der Waals surface area (Å²) < 4.78 is 45.1. The number of aromatic nitrogens is 1. The number of unbranched alkanes of at least 4 members (excludes halogenated alkanes) is 1. The fourth-order valence-electron chi connectivity index (χ4n) is 2.63. The van der Waals surface area contributed by atoms with Crippen molar-refractivity contribution in [2.75, 3.05) is 29.7 Å². The molecule has 1 unspecified atom stereocenters. The predicted molar refractivity (Wildman–Crippen MR) is 110 cm³/mol. The Labute approximate surface area is 162 Å². The van der Waals surface area contributed by atoms with E-state index in [-0.39, 0.29) is 11.4 Å². The number of nitrogens with zero attached hydrogens (tertiary/aromatic N) is 2. The molecule has 0 aliphatic heterocycles. The second-order valence-corrected chi connectivity index (χ2v) is 11.9. The molecule has 0 aliphatic rings. The summed E-state index contributed by atoms with van der Waals surface area (Å²) in [4.78, 5) is 4.70. The first kappa shape index (κ1) is 22.9. The van der Waals surface area contributed by atoms with Gasteiger partial charge in [-0.15, -0.1) is 0 Å². The molecule has 0 aliphatic carbocycles. The molecule has 0 N–H and O–H groups in total. The second-order valence-electron chi connectivity index (χ2n) is 5.57. The van der Waals surface area contributed by atoms with E-state index in [1.165, 1.54) is 0 Å². The molecule has 0 radical (unpaired) electrons. The summed E-state index contributed by atoms with van der Waals surface area (Å²) in [5.74, 6) is 2.36. The lowest BCUT2D eigenvalue weighted by molar-refractivity contribution is 0.564. The normalized spacial score (nSPS) is 14.6. The van der Waals surface area contributed by atoms with Crippen LogP contribution in [0.2, 0.25) is 0 Å². The van der Waals surface area contributed by atoms with Crippen LogP contribution < -0.4 is 0 Å². The zero-order valence-corrected chi connectivity index (χ0v) is 18.5. The van der Waals surface area contributed by atoms with E-state index in [1.807, 2.05) is 6.92 Å². The van der Waals surface area contributed by atoms with Crippen molar-refractivity contribution in [1.29, 1.82) is 0 Å². The van der Waals surface area contributed by atoms with Gasteiger partial charge in [-0.2, -0.15) is 0 Å². The van der Waals surface area contributed by atoms with Crippen LogP contribution in [0.1, 0.15) is 46.2 Å². The van der Waals surface area contributed by atoms with E-state index >= 15 is 4.39 Å². The second kappa shape index (κ2) is 10.8. The molecule has 0 spiro atoms. The van der Waals surface area contributed by atoms with Crippen LogP contribution in [0.5, 0.6) is 0 Å². The summed E-state index contributed by atoms with van der Waals surface area (Å²) in [6, 6.07) is 1.70. The molecule has 1 atom stereocenters. The maximum Gasteiger partial charge on any atom is 0.163 e. The van der Waals surface area contributed by atoms with Crippen molar-refractivity contribution in [3.05, 3.63) is 22.2 Å². The van der Waals surface area contributed by atoms with Gasteiger partial charge in [-0.1, -0.05) is 38.5 Å². The van der Waals surface area contributed by atoms with Crippen LogP contribution in [0, 0.1) is 5.82 Å². The van der Waals surface area contributed by atoms with E-state index in [9.17, 15) is 8.94 Å². The third kappa shape index (κ3) is 5.65. The fraction of sp³-hybridized carbons (Fsp3) is 0.647. The lowest BCUT2D eigenvalue weighted by Crippen LogP contribution is -2.18. The Morgan fingerprint density at radius 1 is 1.28 bits per heavy atom. The minimum Gasteiger partial charge on any atom is -0.591 e. The van der Waals surface area contributed by atoms with Crippen molar-refractivity contribution < 1.29 is 13.3 Å². The van der Waals surface area contributed by atoms with Crippen LogP contribution in [0.3, 0.4) is 0 Å². The van der Waals surface area contributed by atoms with Crippen LogP contribution in [0.4, 0.5) is 8.78 Å². The molecule has 0 aromatic carbocycles. The van der Waals surface area contributed by atoms with Gasteiger partial charge in [0.05, 0.1) is 11.4 Å². The van der Waals surface area contributed by atoms with Gasteiger partial charge in [0, 0.05) is 4.90 Å². The van der Waals surface area contributed by atoms with Crippen LogP contribution in [0.25, 0.3) is 0 Å². The van der Waals surface area contributed by atoms with E-state index in [2.05, 4.69) is 46.1 Å². The molecule has 144 valence electrons. The maximum absolute atomic E-state index is 15.2. The van der Waals surface area contributed by atoms with Crippen LogP contribution in [0.15, 0.2) is 20.0 Å². The van der Waals surface area contributed by atoms with Crippen molar-refractivity contribution in [3.63, 3.8) is 0 Å². The molecule has 1 heterocycles. The van der Waals surface area contributed by atoms with Crippen molar-refractivity contribution in [2.45, 2.75) is 45.4 Å². The monoisotopic (exact) mass is 456 g/mol. The number of halogens is 3. The molecular formula is C17H27BrF2N2OS2. The summed E-state index contributed by atoms with van der Waals surface area (Å²) in [5.41, 5.74) is -0.296. The first-order valence-electron chi connectivity index (χ1n) is 8.53. The van der Waals surface area contributed by atoms with Gasteiger partial charge in [-0.05, 0) is 45.7 Å². The highest BCUT2D eigenvalue weighted by Crippen LogP contribution is 2.56. The standard InChI is InChI=1S/C17H27BrF2N2OS2/c1-5-9-10-24(23)22-13(12-19)17-16(20)14(11-15(18)21-17)25(6-2,7-3)8-4/h11H,5-10,12H2,1-4H3. The SMILES string of the molecule is CCCC[S+]([O-])N=C(CF)c1nc(Br)cc(S(CC)(CC)CC)c1F. The number of pyridine rings is 1. The first-order chi connectivity index (χ1) is 11.9. The van der Waals surface area contributed by atoms with Gasteiger partial charge in [0.2, 0.25) is 0 Å². The van der Waals surface area contributed by atoms with Gasteiger partial charge in [0.1, 0.15) is 22.7 Å². The van der Waals surface area contributed by atoms with Crippen molar-refractivity contribution in [1.82, 2.24) is 4.98 Å². The number of hydrogen-bond acceptors (Lipinski definition) is 3. The highest BCUT2D eigenvalue weighted by atomic mass is 79.9. The Kier molecular flexibility index (Phi) is 9.92. The van der Waals surface area contributed by atoms with Crippen molar-refractivity contribution >= 4 is 43.0 Å². The summed E-state index contributed by atoms with van der Waals surface area (Å²) >= 11 is 1.75. The molecular weight excluding hydrogens is 430 g/mol. The molecule has 1 aromatic rings. The quantitative estimate of drug-likeness (QED) is 0.267. The summed E-state index contributed by atoms with van der Waals surface area (Å²) in [6.45, 7) is 7.14. The molecule has 0 amide bonds. The average molecular weight is 457 g/mol. The maximum atomic E-state index is 15.2. The Hall–Kier alpha value is -0.180. The van der Waals surface area contributed by atoms with Gasteiger partial charge < -0.3 is 4.55 Å². The molecule has 1 aromatic heterocycles. The molecule has 0 saturated carbocycles. The minimum absolute atomic E-state index is 0.121. The molecule has 0 saturated heterocycles. The van der Waals surface area contributed by atoms with E-state index in [0.717, 1.165) is 30.1 Å². The van der Waals surface area contributed by atoms with Gasteiger partial charge in [0.15, 0.2) is 11.5 Å². The molecule has 0 fully saturated rings. The summed E-state index contributed by atoms with van der Waals surface area (Å²) in [7, 11) is -1.35. The average Bonchev–Trinajstić information content (AvgIpc) is 2.62. The lowest BCUT2D eigenvalue weighted by atomic mass is 10.2. The smallest absolute Gasteiger partial charge is 0.163 e.